The van der Waals surface area contributed by atoms with Crippen LogP contribution >= 0.6 is 0 Å². The van der Waals surface area contributed by atoms with E-state index in [1.165, 1.54) is 11.0 Å². The van der Waals surface area contributed by atoms with Crippen molar-refractivity contribution in [2.24, 2.45) is 15.9 Å². The second-order valence-corrected chi connectivity index (χ2v) is 6.38. The van der Waals surface area contributed by atoms with Gasteiger partial charge in [-0.25, -0.2) is 18.8 Å². The molecule has 0 unspecified atom stereocenters. The van der Waals surface area contributed by atoms with Gasteiger partial charge in [-0.05, 0) is 19.1 Å². The second kappa shape index (κ2) is 6.75. The third kappa shape index (κ3) is 3.48. The molecule has 140 valence electrons. The molecule has 0 bridgehead atoms. The van der Waals surface area contributed by atoms with Crippen LogP contribution in [-0.2, 0) is 6.42 Å². The maximum absolute atomic E-state index is 13.6. The van der Waals surface area contributed by atoms with Crippen molar-refractivity contribution in [3.63, 3.8) is 0 Å². The number of allylic oxidation sites excluding steroid dienone is 1. The number of amidine groups is 1. The average molecular weight is 373 g/mol. The normalized spacial score (nSPS) is 20.8. The molecule has 2 aliphatic rings. The van der Waals surface area contributed by atoms with Crippen LogP contribution in [0.4, 0.5) is 14.6 Å². The van der Waals surface area contributed by atoms with Gasteiger partial charge in [0.25, 0.3) is 5.92 Å². The molecular formula is C17H17F2N7O. The summed E-state index contributed by atoms with van der Waals surface area (Å²) >= 11 is 0. The van der Waals surface area contributed by atoms with Crippen LogP contribution in [0, 0.1) is 16.7 Å². The van der Waals surface area contributed by atoms with E-state index >= 15 is 0 Å². The fourth-order valence-electron chi connectivity index (χ4n) is 3.06. The molecule has 0 spiro atoms. The summed E-state index contributed by atoms with van der Waals surface area (Å²) < 4.78 is 27.1. The Balaban J connectivity index is 1.94. The number of nitrogens with zero attached hydrogens (tertiary/aromatic N) is 5. The zero-order chi connectivity index (χ0) is 19.8. The minimum Gasteiger partial charge on any atom is -0.409 e. The average Bonchev–Trinajstić information content (AvgIpc) is 3.01. The largest absolute Gasteiger partial charge is 0.409 e. The number of hydrogen-bond acceptors (Lipinski definition) is 7. The van der Waals surface area contributed by atoms with Crippen LogP contribution in [0.15, 0.2) is 33.6 Å². The SMILES string of the molecule is CC1=N/C(=N/O)C(=N)C(N)=C1Cc1ccc(C#N)c(N2CCC(F)(F)C2)n1. The first kappa shape index (κ1) is 18.4. The van der Waals surface area contributed by atoms with Crippen molar-refractivity contribution in [3.05, 3.63) is 34.7 Å². The van der Waals surface area contributed by atoms with Crippen LogP contribution in [0.25, 0.3) is 0 Å². The van der Waals surface area contributed by atoms with Gasteiger partial charge in [0.05, 0.1) is 17.8 Å². The molecule has 3 rings (SSSR count). The lowest BCUT2D eigenvalue weighted by Gasteiger charge is -2.20. The number of oxime groups is 1. The zero-order valence-corrected chi connectivity index (χ0v) is 14.5. The Morgan fingerprint density at radius 3 is 2.81 bits per heavy atom. The molecule has 0 radical (unpaired) electrons. The van der Waals surface area contributed by atoms with Crippen molar-refractivity contribution in [1.29, 1.82) is 10.7 Å². The highest BCUT2D eigenvalue weighted by atomic mass is 19.3. The Morgan fingerprint density at radius 2 is 2.22 bits per heavy atom. The number of nitrogens with one attached hydrogen (secondary N) is 1. The van der Waals surface area contributed by atoms with Crippen molar-refractivity contribution in [1.82, 2.24) is 4.98 Å². The molecule has 0 atom stereocenters. The lowest BCUT2D eigenvalue weighted by atomic mass is 9.97. The summed E-state index contributed by atoms with van der Waals surface area (Å²) in [5.41, 5.74) is 7.60. The van der Waals surface area contributed by atoms with E-state index in [1.54, 1.807) is 13.0 Å². The molecule has 4 N–H and O–H groups in total. The van der Waals surface area contributed by atoms with Gasteiger partial charge in [-0.1, -0.05) is 5.16 Å². The molecule has 3 heterocycles. The molecular weight excluding hydrogens is 356 g/mol. The first-order valence-corrected chi connectivity index (χ1v) is 8.14. The Hall–Kier alpha value is -3.35. The summed E-state index contributed by atoms with van der Waals surface area (Å²) in [5.74, 6) is -2.77. The van der Waals surface area contributed by atoms with E-state index in [1.807, 2.05) is 6.07 Å². The van der Waals surface area contributed by atoms with Gasteiger partial charge in [0.1, 0.15) is 17.6 Å². The van der Waals surface area contributed by atoms with Gasteiger partial charge < -0.3 is 15.8 Å². The van der Waals surface area contributed by atoms with E-state index in [0.717, 1.165) is 0 Å². The molecule has 1 aromatic heterocycles. The number of halogens is 2. The standard InChI is InChI=1S/C17H17F2N7O/c1-9-12(13(21)14(22)15(23-9)25-27)6-11-3-2-10(7-20)16(24-11)26-5-4-17(18,19)8-26/h2-3,22,27H,4-6,8,21H2,1H3/b22-14?,25-15+. The Bertz CT molecular complexity index is 943. The molecule has 10 heteroatoms. The number of aromatic nitrogens is 1. The van der Waals surface area contributed by atoms with E-state index in [9.17, 15) is 14.0 Å². The highest BCUT2D eigenvalue weighted by Gasteiger charge is 2.39. The number of nitrogens with two attached hydrogens (primary N) is 1. The van der Waals surface area contributed by atoms with Crippen molar-refractivity contribution in [2.45, 2.75) is 25.7 Å². The van der Waals surface area contributed by atoms with Crippen LogP contribution in [-0.4, -0.2) is 46.5 Å². The van der Waals surface area contributed by atoms with Gasteiger partial charge in [-0.3, -0.25) is 5.41 Å². The van der Waals surface area contributed by atoms with E-state index in [0.29, 0.717) is 17.0 Å². The number of pyridine rings is 1. The summed E-state index contributed by atoms with van der Waals surface area (Å²) in [5, 5.41) is 29.0. The van der Waals surface area contributed by atoms with Crippen molar-refractivity contribution in [3.8, 4) is 6.07 Å². The number of aliphatic imine (C=N–C) groups is 1. The van der Waals surface area contributed by atoms with Gasteiger partial charge in [0, 0.05) is 36.4 Å². The first-order valence-electron chi connectivity index (χ1n) is 8.14. The van der Waals surface area contributed by atoms with Crippen LogP contribution in [0.3, 0.4) is 0 Å². The predicted octanol–water partition coefficient (Wildman–Crippen LogP) is 1.84. The Labute approximate surface area is 153 Å². The number of rotatable bonds is 3. The summed E-state index contributed by atoms with van der Waals surface area (Å²) in [6.07, 6.45) is -0.0841. The second-order valence-electron chi connectivity index (χ2n) is 6.38. The predicted molar refractivity (Wildman–Crippen MR) is 95.7 cm³/mol. The molecule has 8 nitrogen and oxygen atoms in total. The maximum Gasteiger partial charge on any atom is 0.266 e. The summed E-state index contributed by atoms with van der Waals surface area (Å²) in [6, 6.07) is 5.13. The van der Waals surface area contributed by atoms with Crippen LogP contribution in [0.2, 0.25) is 0 Å². The van der Waals surface area contributed by atoms with Crippen LogP contribution in [0.1, 0.15) is 24.6 Å². The number of hydrogen-bond donors (Lipinski definition) is 3. The lowest BCUT2D eigenvalue weighted by molar-refractivity contribution is 0.0256. The van der Waals surface area contributed by atoms with E-state index < -0.39 is 12.5 Å². The molecule has 2 aliphatic heterocycles. The van der Waals surface area contributed by atoms with Gasteiger partial charge >= 0.3 is 0 Å². The fourth-order valence-corrected chi connectivity index (χ4v) is 3.06. The van der Waals surface area contributed by atoms with Gasteiger partial charge in [-0.2, -0.15) is 5.26 Å². The molecule has 0 aliphatic carbocycles. The topological polar surface area (TPSA) is 135 Å². The molecule has 0 aromatic carbocycles. The molecule has 1 fully saturated rings. The fraction of sp³-hybridized carbons (Fsp3) is 0.353. The number of anilines is 1. The van der Waals surface area contributed by atoms with Crippen molar-refractivity contribution < 1.29 is 14.0 Å². The summed E-state index contributed by atoms with van der Waals surface area (Å²) in [4.78, 5) is 9.82. The van der Waals surface area contributed by atoms with Gasteiger partial charge in [0.15, 0.2) is 0 Å². The minimum absolute atomic E-state index is 0.107. The molecule has 1 aromatic rings. The Kier molecular flexibility index (Phi) is 4.61. The van der Waals surface area contributed by atoms with Crippen molar-refractivity contribution >= 4 is 23.1 Å². The summed E-state index contributed by atoms with van der Waals surface area (Å²) in [6.45, 7) is 1.29. The number of nitriles is 1. The molecule has 1 saturated heterocycles. The third-order valence-corrected chi connectivity index (χ3v) is 4.50. The third-order valence-electron chi connectivity index (χ3n) is 4.50. The van der Waals surface area contributed by atoms with Crippen molar-refractivity contribution in [2.75, 3.05) is 18.0 Å². The zero-order valence-electron chi connectivity index (χ0n) is 14.5. The van der Waals surface area contributed by atoms with E-state index in [-0.39, 0.29) is 48.0 Å². The maximum atomic E-state index is 13.6. The minimum atomic E-state index is -2.81. The first-order chi connectivity index (χ1) is 12.8. The highest BCUT2D eigenvalue weighted by molar-refractivity contribution is 6.50. The number of alkyl halides is 2. The lowest BCUT2D eigenvalue weighted by Crippen LogP contribution is -2.29. The molecule has 0 amide bonds. The monoisotopic (exact) mass is 373 g/mol. The highest BCUT2D eigenvalue weighted by Crippen LogP contribution is 2.32. The molecule has 27 heavy (non-hydrogen) atoms. The Morgan fingerprint density at radius 1 is 1.48 bits per heavy atom. The van der Waals surface area contributed by atoms with E-state index in [2.05, 4.69) is 15.1 Å². The smallest absolute Gasteiger partial charge is 0.266 e. The van der Waals surface area contributed by atoms with E-state index in [4.69, 9.17) is 16.4 Å². The van der Waals surface area contributed by atoms with Crippen LogP contribution < -0.4 is 10.6 Å². The summed E-state index contributed by atoms with van der Waals surface area (Å²) in [7, 11) is 0. The molecule has 0 saturated carbocycles. The van der Waals surface area contributed by atoms with Gasteiger partial charge in [-0.15, -0.1) is 0 Å². The van der Waals surface area contributed by atoms with Crippen LogP contribution in [0.5, 0.6) is 0 Å². The quantitative estimate of drug-likeness (QED) is 0.549. The van der Waals surface area contributed by atoms with Gasteiger partial charge in [0.2, 0.25) is 5.84 Å². The number of dihydropyridines is 1.